The summed E-state index contributed by atoms with van der Waals surface area (Å²) < 4.78 is 0. The van der Waals surface area contributed by atoms with Gasteiger partial charge in [-0.1, -0.05) is 23.2 Å². The first-order valence-corrected chi connectivity index (χ1v) is 12.7. The van der Waals surface area contributed by atoms with E-state index in [9.17, 15) is 0 Å². The second-order valence-electron chi connectivity index (χ2n) is 9.04. The molecule has 37 heavy (non-hydrogen) atoms. The molecule has 0 saturated carbocycles. The Balaban J connectivity index is 1.57. The lowest BCUT2D eigenvalue weighted by Gasteiger charge is -2.32. The number of hydrogen-bond donors (Lipinski definition) is 3. The SMILES string of the molecule is CC1N=C(N(C)C)NC(N(CCC2N=C(Nc3ccc(Cl)cc3)NC(N(C)C)=N2)c2ccc(Cl)cc2)=N1. The van der Waals surface area contributed by atoms with Crippen molar-refractivity contribution in [1.29, 1.82) is 0 Å². The fraction of sp³-hybridized carbons (Fsp3) is 0.360. The molecule has 12 heteroatoms. The van der Waals surface area contributed by atoms with E-state index in [1.165, 1.54) is 0 Å². The van der Waals surface area contributed by atoms with Crippen molar-refractivity contribution in [3.8, 4) is 0 Å². The third-order valence-corrected chi connectivity index (χ3v) is 6.08. The molecule has 0 aliphatic carbocycles. The van der Waals surface area contributed by atoms with Crippen LogP contribution in [0.15, 0.2) is 68.5 Å². The van der Waals surface area contributed by atoms with Crippen LogP contribution in [-0.4, -0.2) is 80.7 Å². The van der Waals surface area contributed by atoms with Crippen LogP contribution in [0, 0.1) is 0 Å². The molecule has 2 aromatic rings. The summed E-state index contributed by atoms with van der Waals surface area (Å²) in [5.41, 5.74) is 1.83. The van der Waals surface area contributed by atoms with Crippen LogP contribution in [-0.2, 0) is 0 Å². The van der Waals surface area contributed by atoms with Crippen LogP contribution in [0.25, 0.3) is 0 Å². The standard InChI is InChI=1S/C25H32Cl2N10/c1-16-28-23(35(2)3)34-25(29-16)37(20-12-8-18(27)9-13-20)15-14-21-31-22(33-24(32-21)36(4)5)30-19-10-6-17(26)7-11-19/h6-13,16,21H,14-15H2,1-5H3,(H,28,29,34)(H2,30,31,32,33). The van der Waals surface area contributed by atoms with Gasteiger partial charge in [0.1, 0.15) is 12.3 Å². The monoisotopic (exact) mass is 542 g/mol. The predicted molar refractivity (Wildman–Crippen MR) is 155 cm³/mol. The summed E-state index contributed by atoms with van der Waals surface area (Å²) >= 11 is 12.2. The molecule has 196 valence electrons. The molecular formula is C25H32Cl2N10. The lowest BCUT2D eigenvalue weighted by Crippen LogP contribution is -2.52. The molecule has 2 unspecified atom stereocenters. The highest BCUT2D eigenvalue weighted by molar-refractivity contribution is 6.31. The molecular weight excluding hydrogens is 511 g/mol. The van der Waals surface area contributed by atoms with E-state index in [0.29, 0.717) is 34.9 Å². The number of hydrogen-bond acceptors (Lipinski definition) is 10. The zero-order valence-electron chi connectivity index (χ0n) is 21.6. The summed E-state index contributed by atoms with van der Waals surface area (Å²) in [5.74, 6) is 2.80. The van der Waals surface area contributed by atoms with Gasteiger partial charge in [-0.05, 0) is 55.5 Å². The lowest BCUT2D eigenvalue weighted by atomic mass is 10.2. The van der Waals surface area contributed by atoms with Gasteiger partial charge in [0.05, 0.1) is 0 Å². The van der Waals surface area contributed by atoms with Crippen molar-refractivity contribution in [3.63, 3.8) is 0 Å². The highest BCUT2D eigenvalue weighted by Crippen LogP contribution is 2.21. The molecule has 0 aromatic heterocycles. The van der Waals surface area contributed by atoms with E-state index < -0.39 is 0 Å². The number of nitrogens with one attached hydrogen (secondary N) is 3. The van der Waals surface area contributed by atoms with E-state index in [0.717, 1.165) is 23.3 Å². The molecule has 2 atom stereocenters. The molecule has 3 N–H and O–H groups in total. The Morgan fingerprint density at radius 1 is 0.757 bits per heavy atom. The van der Waals surface area contributed by atoms with Gasteiger partial charge in [-0.2, -0.15) is 0 Å². The van der Waals surface area contributed by atoms with Crippen LogP contribution in [0.2, 0.25) is 10.0 Å². The van der Waals surface area contributed by atoms with Crippen LogP contribution in [0.4, 0.5) is 11.4 Å². The lowest BCUT2D eigenvalue weighted by molar-refractivity contribution is 0.559. The Kier molecular flexibility index (Phi) is 8.40. The minimum atomic E-state index is -0.313. The van der Waals surface area contributed by atoms with Crippen molar-refractivity contribution < 1.29 is 0 Å². The Hall–Kier alpha value is -3.50. The number of halogens is 2. The van der Waals surface area contributed by atoms with Crippen molar-refractivity contribution in [2.24, 2.45) is 20.0 Å². The van der Waals surface area contributed by atoms with Gasteiger partial charge in [-0.25, -0.2) is 20.0 Å². The first kappa shape index (κ1) is 26.6. The summed E-state index contributed by atoms with van der Waals surface area (Å²) in [4.78, 5) is 25.0. The third-order valence-electron chi connectivity index (χ3n) is 5.58. The molecule has 0 amide bonds. The zero-order chi connectivity index (χ0) is 26.5. The van der Waals surface area contributed by atoms with Crippen molar-refractivity contribution in [2.45, 2.75) is 25.7 Å². The fourth-order valence-corrected chi connectivity index (χ4v) is 3.97. The van der Waals surface area contributed by atoms with Gasteiger partial charge in [0.15, 0.2) is 0 Å². The Bertz CT molecular complexity index is 1200. The van der Waals surface area contributed by atoms with Gasteiger partial charge < -0.3 is 20.0 Å². The van der Waals surface area contributed by atoms with Crippen LogP contribution < -0.4 is 20.9 Å². The van der Waals surface area contributed by atoms with Crippen LogP contribution in [0.1, 0.15) is 13.3 Å². The molecule has 4 rings (SSSR count). The predicted octanol–water partition coefficient (Wildman–Crippen LogP) is 3.73. The number of anilines is 2. The number of guanidine groups is 4. The highest BCUT2D eigenvalue weighted by atomic mass is 35.5. The van der Waals surface area contributed by atoms with Crippen molar-refractivity contribution >= 4 is 58.4 Å². The minimum absolute atomic E-state index is 0.214. The Morgan fingerprint density at radius 2 is 1.32 bits per heavy atom. The molecule has 0 radical (unpaired) electrons. The Labute approximate surface area is 227 Å². The molecule has 10 nitrogen and oxygen atoms in total. The molecule has 2 aromatic carbocycles. The van der Waals surface area contributed by atoms with E-state index in [1.54, 1.807) is 0 Å². The van der Waals surface area contributed by atoms with E-state index in [-0.39, 0.29) is 12.3 Å². The van der Waals surface area contributed by atoms with Crippen LogP contribution in [0.3, 0.4) is 0 Å². The van der Waals surface area contributed by atoms with Gasteiger partial charge in [-0.15, -0.1) is 0 Å². The summed E-state index contributed by atoms with van der Waals surface area (Å²) in [6, 6.07) is 15.2. The van der Waals surface area contributed by atoms with Crippen LogP contribution >= 0.6 is 23.2 Å². The van der Waals surface area contributed by atoms with Crippen molar-refractivity contribution in [1.82, 2.24) is 20.4 Å². The maximum absolute atomic E-state index is 6.17. The van der Waals surface area contributed by atoms with Gasteiger partial charge in [0.2, 0.25) is 23.8 Å². The van der Waals surface area contributed by atoms with E-state index in [4.69, 9.17) is 38.2 Å². The van der Waals surface area contributed by atoms with Gasteiger partial charge >= 0.3 is 0 Å². The smallest absolute Gasteiger partial charge is 0.207 e. The largest absolute Gasteiger partial charge is 0.349 e. The second-order valence-corrected chi connectivity index (χ2v) is 9.91. The maximum atomic E-state index is 6.17. The normalized spacial score (nSPS) is 18.9. The second kappa shape index (κ2) is 11.7. The Morgan fingerprint density at radius 3 is 1.95 bits per heavy atom. The average Bonchev–Trinajstić information content (AvgIpc) is 2.86. The van der Waals surface area contributed by atoms with E-state index >= 15 is 0 Å². The number of nitrogens with zero attached hydrogens (tertiary/aromatic N) is 7. The van der Waals surface area contributed by atoms with E-state index in [2.05, 4.69) is 25.8 Å². The number of aliphatic imine (C=N–C) groups is 4. The van der Waals surface area contributed by atoms with Gasteiger partial charge in [-0.3, -0.25) is 10.6 Å². The molecule has 2 aliphatic heterocycles. The molecule has 2 heterocycles. The van der Waals surface area contributed by atoms with Crippen molar-refractivity contribution in [2.75, 3.05) is 45.0 Å². The third kappa shape index (κ3) is 7.05. The van der Waals surface area contributed by atoms with Gasteiger partial charge in [0.25, 0.3) is 0 Å². The summed E-state index contributed by atoms with van der Waals surface area (Å²) in [6.45, 7) is 2.57. The minimum Gasteiger partial charge on any atom is -0.349 e. The maximum Gasteiger partial charge on any atom is 0.207 e. The zero-order valence-corrected chi connectivity index (χ0v) is 23.1. The van der Waals surface area contributed by atoms with E-state index in [1.807, 2.05) is 93.4 Å². The molecule has 0 spiro atoms. The number of benzene rings is 2. The fourth-order valence-electron chi connectivity index (χ4n) is 3.71. The molecule has 0 fully saturated rings. The summed E-state index contributed by atoms with van der Waals surface area (Å²) in [5, 5.41) is 11.3. The molecule has 2 aliphatic rings. The van der Waals surface area contributed by atoms with Crippen molar-refractivity contribution in [3.05, 3.63) is 58.6 Å². The molecule has 0 saturated heterocycles. The quantitative estimate of drug-likeness (QED) is 0.532. The topological polar surface area (TPSA) is 95.2 Å². The van der Waals surface area contributed by atoms with Gasteiger partial charge in [0, 0.05) is 62.6 Å². The van der Waals surface area contributed by atoms with Crippen LogP contribution in [0.5, 0.6) is 0 Å². The average molecular weight is 544 g/mol. The first-order chi connectivity index (χ1) is 17.7. The number of rotatable bonds is 5. The summed E-state index contributed by atoms with van der Waals surface area (Å²) in [6.07, 6.45) is 0.109. The highest BCUT2D eigenvalue weighted by Gasteiger charge is 2.24. The molecule has 0 bridgehead atoms. The first-order valence-electron chi connectivity index (χ1n) is 11.9. The summed E-state index contributed by atoms with van der Waals surface area (Å²) in [7, 11) is 7.78.